The molecule has 0 aliphatic rings. The molecule has 0 aliphatic heterocycles. The molecule has 0 atom stereocenters. The Balaban J connectivity index is 1.29. The quantitative estimate of drug-likeness (QED) is 0.171. The molecule has 0 N–H and O–H groups in total. The Bertz CT molecular complexity index is 3340. The summed E-state index contributed by atoms with van der Waals surface area (Å²) in [4.78, 5) is 0. The highest BCUT2D eigenvalue weighted by atomic mass is 16.3. The molecule has 51 heavy (non-hydrogen) atoms. The summed E-state index contributed by atoms with van der Waals surface area (Å²) in [5.41, 5.74) is 8.73. The van der Waals surface area contributed by atoms with Crippen LogP contribution in [0.4, 0.5) is 0 Å². The monoisotopic (exact) mass is 648 g/mol. The zero-order valence-corrected chi connectivity index (χ0v) is 27.5. The summed E-state index contributed by atoms with van der Waals surface area (Å²) in [6.45, 7) is 0. The minimum Gasteiger partial charge on any atom is -0.455 e. The molecule has 3 nitrogen and oxygen atoms in total. The fraction of sp³-hybridized carbons (Fsp3) is 0. The van der Waals surface area contributed by atoms with E-state index in [4.69, 9.17) is 4.42 Å². The van der Waals surface area contributed by atoms with Crippen LogP contribution in [0.15, 0.2) is 174 Å². The molecule has 0 saturated carbocycles. The SMILES string of the molecule is c1ccc2c(c1)oc1c2ccc2c1c1cccc(-n3c4ccccc4c4ccccc43)c1n2-c1ccc2c3ccccc3c3ccccc3c2c1. The minimum absolute atomic E-state index is 0.906. The molecular weight excluding hydrogens is 621 g/mol. The first-order valence-electron chi connectivity index (χ1n) is 17.5. The lowest BCUT2D eigenvalue weighted by atomic mass is 9.94. The molecule has 0 fully saturated rings. The zero-order chi connectivity index (χ0) is 33.2. The fourth-order valence-corrected chi connectivity index (χ4v) is 8.98. The second-order valence-corrected chi connectivity index (χ2v) is 13.6. The van der Waals surface area contributed by atoms with Crippen LogP contribution in [0.1, 0.15) is 0 Å². The average Bonchev–Trinajstić information content (AvgIpc) is 3.86. The van der Waals surface area contributed by atoms with Crippen LogP contribution >= 0.6 is 0 Å². The first-order valence-corrected chi connectivity index (χ1v) is 17.5. The molecule has 3 heterocycles. The molecule has 0 saturated heterocycles. The van der Waals surface area contributed by atoms with Crippen LogP contribution in [-0.4, -0.2) is 9.13 Å². The highest BCUT2D eigenvalue weighted by molar-refractivity contribution is 6.27. The van der Waals surface area contributed by atoms with E-state index in [9.17, 15) is 0 Å². The van der Waals surface area contributed by atoms with E-state index in [2.05, 4.69) is 179 Å². The molecule has 0 aliphatic carbocycles. The van der Waals surface area contributed by atoms with Gasteiger partial charge in [-0.2, -0.15) is 0 Å². The van der Waals surface area contributed by atoms with Crippen molar-refractivity contribution in [1.29, 1.82) is 0 Å². The first kappa shape index (κ1) is 27.0. The van der Waals surface area contributed by atoms with E-state index < -0.39 is 0 Å². The van der Waals surface area contributed by atoms with Gasteiger partial charge in [-0.05, 0) is 80.8 Å². The van der Waals surface area contributed by atoms with Crippen molar-refractivity contribution in [3.05, 3.63) is 170 Å². The molecule has 0 amide bonds. The van der Waals surface area contributed by atoms with Crippen molar-refractivity contribution in [3.63, 3.8) is 0 Å². The highest BCUT2D eigenvalue weighted by Gasteiger charge is 2.23. The third kappa shape index (κ3) is 3.52. The lowest BCUT2D eigenvalue weighted by molar-refractivity contribution is 0.673. The maximum absolute atomic E-state index is 6.75. The number of benzene rings is 9. The molecule has 236 valence electrons. The van der Waals surface area contributed by atoms with Crippen molar-refractivity contribution < 1.29 is 4.42 Å². The lowest BCUT2D eigenvalue weighted by Gasteiger charge is -2.16. The molecular formula is C48H28N2O. The molecule has 3 aromatic heterocycles. The molecule has 12 rings (SSSR count). The van der Waals surface area contributed by atoms with Crippen LogP contribution < -0.4 is 0 Å². The van der Waals surface area contributed by atoms with E-state index in [-0.39, 0.29) is 0 Å². The smallest absolute Gasteiger partial charge is 0.145 e. The summed E-state index contributed by atoms with van der Waals surface area (Å²) < 4.78 is 11.7. The van der Waals surface area contributed by atoms with Gasteiger partial charge in [-0.3, -0.25) is 0 Å². The van der Waals surface area contributed by atoms with Gasteiger partial charge in [0.2, 0.25) is 0 Å². The van der Waals surface area contributed by atoms with Gasteiger partial charge in [-0.25, -0.2) is 0 Å². The van der Waals surface area contributed by atoms with Gasteiger partial charge in [0.15, 0.2) is 0 Å². The van der Waals surface area contributed by atoms with Gasteiger partial charge in [0.05, 0.1) is 33.1 Å². The number of aromatic nitrogens is 2. The summed E-state index contributed by atoms with van der Waals surface area (Å²) in [6, 6.07) is 61.8. The topological polar surface area (TPSA) is 23.0 Å². The van der Waals surface area contributed by atoms with Gasteiger partial charge < -0.3 is 13.6 Å². The van der Waals surface area contributed by atoms with Crippen molar-refractivity contribution in [3.8, 4) is 11.4 Å². The number of hydrogen-bond donors (Lipinski definition) is 0. The van der Waals surface area contributed by atoms with Crippen LogP contribution in [0, 0.1) is 0 Å². The van der Waals surface area contributed by atoms with Crippen molar-refractivity contribution in [2.24, 2.45) is 0 Å². The predicted molar refractivity (Wildman–Crippen MR) is 215 cm³/mol. The van der Waals surface area contributed by atoms with Gasteiger partial charge >= 0.3 is 0 Å². The maximum Gasteiger partial charge on any atom is 0.145 e. The summed E-state index contributed by atoms with van der Waals surface area (Å²) in [5.74, 6) is 0. The van der Waals surface area contributed by atoms with Crippen LogP contribution in [0.5, 0.6) is 0 Å². The van der Waals surface area contributed by atoms with E-state index in [1.807, 2.05) is 0 Å². The molecule has 0 unspecified atom stereocenters. The molecule has 12 aromatic rings. The van der Waals surface area contributed by atoms with Crippen molar-refractivity contribution in [2.45, 2.75) is 0 Å². The van der Waals surface area contributed by atoms with Crippen molar-refractivity contribution >= 4 is 97.9 Å². The van der Waals surface area contributed by atoms with Gasteiger partial charge in [0, 0.05) is 32.6 Å². The summed E-state index contributed by atoms with van der Waals surface area (Å²) in [7, 11) is 0. The van der Waals surface area contributed by atoms with Gasteiger partial charge in [0.1, 0.15) is 11.2 Å². The maximum atomic E-state index is 6.75. The van der Waals surface area contributed by atoms with Crippen LogP contribution in [0.2, 0.25) is 0 Å². The third-order valence-electron chi connectivity index (χ3n) is 11.1. The van der Waals surface area contributed by atoms with Crippen LogP contribution in [0.25, 0.3) is 109 Å². The average molecular weight is 649 g/mol. The summed E-state index contributed by atoms with van der Waals surface area (Å²) in [5, 5.41) is 14.7. The van der Waals surface area contributed by atoms with Gasteiger partial charge in [0.25, 0.3) is 0 Å². The second-order valence-electron chi connectivity index (χ2n) is 13.6. The Morgan fingerprint density at radius 2 is 0.863 bits per heavy atom. The normalized spacial score (nSPS) is 12.3. The molecule has 0 spiro atoms. The standard InChI is InChI=1S/C48H28N2O/c1-2-14-32-30(12-1)31-13-3-4-15-33(31)40-28-29(24-25-34(32)40)49-43-27-26-38-37-18-7-10-23-45(37)51-48(38)46(43)39-19-11-22-44(47(39)49)50-41-20-8-5-16-35(41)36-17-6-9-21-42(36)50/h1-28H. The van der Waals surface area contributed by atoms with E-state index in [0.29, 0.717) is 0 Å². The van der Waals surface area contributed by atoms with Gasteiger partial charge in [-0.15, -0.1) is 0 Å². The Hall–Kier alpha value is -6.84. The largest absolute Gasteiger partial charge is 0.455 e. The fourth-order valence-electron chi connectivity index (χ4n) is 8.98. The van der Waals surface area contributed by atoms with Crippen LogP contribution in [0.3, 0.4) is 0 Å². The first-order chi connectivity index (χ1) is 25.3. The van der Waals surface area contributed by atoms with Crippen molar-refractivity contribution in [2.75, 3.05) is 0 Å². The van der Waals surface area contributed by atoms with E-state index in [1.54, 1.807) is 0 Å². The van der Waals surface area contributed by atoms with Crippen molar-refractivity contribution in [1.82, 2.24) is 9.13 Å². The Labute approximate surface area is 291 Å². The minimum atomic E-state index is 0.906. The van der Waals surface area contributed by atoms with Gasteiger partial charge in [-0.1, -0.05) is 121 Å². The number of nitrogens with zero attached hydrogens (tertiary/aromatic N) is 2. The van der Waals surface area contributed by atoms with E-state index in [1.165, 1.54) is 54.1 Å². The third-order valence-corrected chi connectivity index (χ3v) is 11.1. The van der Waals surface area contributed by atoms with Crippen LogP contribution in [-0.2, 0) is 0 Å². The lowest BCUT2D eigenvalue weighted by Crippen LogP contribution is -2.00. The number of furan rings is 1. The second kappa shape index (κ2) is 9.87. The summed E-state index contributed by atoms with van der Waals surface area (Å²) in [6.07, 6.45) is 0. The number of fused-ring (bicyclic) bond motifs is 16. The Kier molecular flexibility index (Phi) is 5.23. The highest BCUT2D eigenvalue weighted by Crippen LogP contribution is 2.45. The molecule has 3 heteroatoms. The number of hydrogen-bond acceptors (Lipinski definition) is 1. The molecule has 0 radical (unpaired) electrons. The zero-order valence-electron chi connectivity index (χ0n) is 27.5. The molecule has 9 aromatic carbocycles. The number of para-hydroxylation sites is 4. The van der Waals surface area contributed by atoms with E-state index >= 15 is 0 Å². The Morgan fingerprint density at radius 1 is 0.333 bits per heavy atom. The predicted octanol–water partition coefficient (Wildman–Crippen LogP) is 13.2. The summed E-state index contributed by atoms with van der Waals surface area (Å²) >= 11 is 0. The molecule has 0 bridgehead atoms. The Morgan fingerprint density at radius 3 is 1.55 bits per heavy atom. The number of rotatable bonds is 2. The van der Waals surface area contributed by atoms with E-state index in [0.717, 1.165) is 55.1 Å².